The molecule has 0 amide bonds. The normalized spacial score (nSPS) is 15.9. The van der Waals surface area contributed by atoms with Crippen molar-refractivity contribution in [3.8, 4) is 11.5 Å². The summed E-state index contributed by atoms with van der Waals surface area (Å²) in [6.45, 7) is 5.43. The van der Waals surface area contributed by atoms with Crippen molar-refractivity contribution in [2.45, 2.75) is 25.8 Å². The zero-order valence-electron chi connectivity index (χ0n) is 19.4. The van der Waals surface area contributed by atoms with Gasteiger partial charge in [0.2, 0.25) is 0 Å². The van der Waals surface area contributed by atoms with Gasteiger partial charge < -0.3 is 30.0 Å². The van der Waals surface area contributed by atoms with E-state index in [1.54, 1.807) is 14.2 Å². The zero-order valence-corrected chi connectivity index (χ0v) is 21.8. The highest BCUT2D eigenvalue weighted by molar-refractivity contribution is 14.0. The van der Waals surface area contributed by atoms with Gasteiger partial charge in [-0.05, 0) is 25.5 Å². The molecule has 33 heavy (non-hydrogen) atoms. The number of hydrogen-bond acceptors (Lipinski definition) is 5. The molecular formula is C24H33IN6O2. The molecule has 1 aliphatic heterocycles. The molecule has 0 saturated carbocycles. The van der Waals surface area contributed by atoms with E-state index in [4.69, 9.17) is 14.5 Å². The Kier molecular flexibility index (Phi) is 9.04. The van der Waals surface area contributed by atoms with E-state index in [0.29, 0.717) is 12.6 Å². The average molecular weight is 564 g/mol. The molecule has 2 aromatic carbocycles. The summed E-state index contributed by atoms with van der Waals surface area (Å²) in [7, 11) is 3.36. The third kappa shape index (κ3) is 6.43. The number of rotatable bonds is 8. The summed E-state index contributed by atoms with van der Waals surface area (Å²) in [6.07, 6.45) is 1.80. The summed E-state index contributed by atoms with van der Waals surface area (Å²) in [6, 6.07) is 14.4. The van der Waals surface area contributed by atoms with E-state index < -0.39 is 0 Å². The fourth-order valence-electron chi connectivity index (χ4n) is 4.00. The SMILES string of the molecule is CCNC(=NCCc1nc2ccccc2[nH]1)NC1CCN(c2cc(OC)cc(OC)c2)C1.I. The summed E-state index contributed by atoms with van der Waals surface area (Å²) in [5.41, 5.74) is 3.17. The van der Waals surface area contributed by atoms with E-state index in [-0.39, 0.29) is 24.0 Å². The van der Waals surface area contributed by atoms with Gasteiger partial charge in [-0.15, -0.1) is 24.0 Å². The van der Waals surface area contributed by atoms with Crippen LogP contribution < -0.4 is 25.0 Å². The number of guanidine groups is 1. The Balaban J connectivity index is 0.00000306. The number of aromatic nitrogens is 2. The maximum atomic E-state index is 5.42. The van der Waals surface area contributed by atoms with Gasteiger partial charge in [0.15, 0.2) is 5.96 Å². The van der Waals surface area contributed by atoms with E-state index in [9.17, 15) is 0 Å². The van der Waals surface area contributed by atoms with Crippen LogP contribution in [0.3, 0.4) is 0 Å². The fraction of sp³-hybridized carbons (Fsp3) is 0.417. The minimum atomic E-state index is 0. The maximum Gasteiger partial charge on any atom is 0.191 e. The second-order valence-corrected chi connectivity index (χ2v) is 7.86. The molecule has 3 N–H and O–H groups in total. The lowest BCUT2D eigenvalue weighted by molar-refractivity contribution is 0.394. The second kappa shape index (κ2) is 12.0. The van der Waals surface area contributed by atoms with Crippen molar-refractivity contribution in [3.05, 3.63) is 48.3 Å². The van der Waals surface area contributed by atoms with E-state index in [2.05, 4.69) is 44.6 Å². The van der Waals surface area contributed by atoms with Crippen LogP contribution in [-0.4, -0.2) is 62.4 Å². The Hall–Kier alpha value is -2.69. The van der Waals surface area contributed by atoms with E-state index in [1.165, 1.54) is 0 Å². The Morgan fingerprint density at radius 2 is 1.94 bits per heavy atom. The Morgan fingerprint density at radius 1 is 1.18 bits per heavy atom. The summed E-state index contributed by atoms with van der Waals surface area (Å²) in [4.78, 5) is 15.1. The minimum Gasteiger partial charge on any atom is -0.497 e. The number of para-hydroxylation sites is 2. The van der Waals surface area contributed by atoms with Crippen molar-refractivity contribution < 1.29 is 9.47 Å². The number of aromatic amines is 1. The molecule has 0 radical (unpaired) electrons. The Morgan fingerprint density at radius 3 is 2.64 bits per heavy atom. The van der Waals surface area contributed by atoms with E-state index in [0.717, 1.165) is 72.5 Å². The van der Waals surface area contributed by atoms with E-state index >= 15 is 0 Å². The fourth-order valence-corrected chi connectivity index (χ4v) is 4.00. The zero-order chi connectivity index (χ0) is 22.3. The monoisotopic (exact) mass is 564 g/mol. The van der Waals surface area contributed by atoms with Crippen molar-refractivity contribution in [1.29, 1.82) is 0 Å². The van der Waals surface area contributed by atoms with Crippen molar-refractivity contribution in [2.24, 2.45) is 4.99 Å². The number of imidazole rings is 1. The number of halogens is 1. The summed E-state index contributed by atoms with van der Waals surface area (Å²) in [5, 5.41) is 6.95. The highest BCUT2D eigenvalue weighted by atomic mass is 127. The maximum absolute atomic E-state index is 5.42. The third-order valence-electron chi connectivity index (χ3n) is 5.63. The summed E-state index contributed by atoms with van der Waals surface area (Å²) >= 11 is 0. The van der Waals surface area contributed by atoms with Gasteiger partial charge in [0.1, 0.15) is 17.3 Å². The van der Waals surface area contributed by atoms with Gasteiger partial charge >= 0.3 is 0 Å². The smallest absolute Gasteiger partial charge is 0.191 e. The van der Waals surface area contributed by atoms with Crippen LogP contribution in [0.15, 0.2) is 47.5 Å². The first-order valence-electron chi connectivity index (χ1n) is 11.1. The number of H-pyrrole nitrogens is 1. The summed E-state index contributed by atoms with van der Waals surface area (Å²) < 4.78 is 10.8. The van der Waals surface area contributed by atoms with Crippen LogP contribution in [-0.2, 0) is 6.42 Å². The highest BCUT2D eigenvalue weighted by Crippen LogP contribution is 2.30. The lowest BCUT2D eigenvalue weighted by atomic mass is 10.2. The molecule has 9 heteroatoms. The first-order valence-corrected chi connectivity index (χ1v) is 11.1. The van der Waals surface area contributed by atoms with Crippen LogP contribution in [0.4, 0.5) is 5.69 Å². The molecule has 178 valence electrons. The Bertz CT molecular complexity index is 1010. The average Bonchev–Trinajstić information content (AvgIpc) is 3.45. The number of aliphatic imine (C=N–C) groups is 1. The van der Waals surface area contributed by atoms with Gasteiger partial charge in [0, 0.05) is 62.5 Å². The lowest BCUT2D eigenvalue weighted by Gasteiger charge is -2.21. The van der Waals surface area contributed by atoms with Crippen LogP contribution in [0, 0.1) is 0 Å². The van der Waals surface area contributed by atoms with Gasteiger partial charge in [-0.1, -0.05) is 12.1 Å². The van der Waals surface area contributed by atoms with Crippen LogP contribution in [0.5, 0.6) is 11.5 Å². The van der Waals surface area contributed by atoms with Crippen molar-refractivity contribution in [3.63, 3.8) is 0 Å². The van der Waals surface area contributed by atoms with Crippen LogP contribution in [0.2, 0.25) is 0 Å². The molecular weight excluding hydrogens is 531 g/mol. The van der Waals surface area contributed by atoms with Gasteiger partial charge in [-0.25, -0.2) is 4.98 Å². The van der Waals surface area contributed by atoms with Crippen molar-refractivity contribution in [1.82, 2.24) is 20.6 Å². The van der Waals surface area contributed by atoms with E-state index in [1.807, 2.05) is 30.3 Å². The van der Waals surface area contributed by atoms with Crippen LogP contribution >= 0.6 is 24.0 Å². The Labute approximate surface area is 212 Å². The van der Waals surface area contributed by atoms with Gasteiger partial charge in [-0.2, -0.15) is 0 Å². The quantitative estimate of drug-likeness (QED) is 0.221. The molecule has 1 aromatic heterocycles. The molecule has 1 fully saturated rings. The van der Waals surface area contributed by atoms with Crippen LogP contribution in [0.25, 0.3) is 11.0 Å². The molecule has 1 saturated heterocycles. The molecule has 0 aliphatic carbocycles. The molecule has 1 atom stereocenters. The van der Waals surface area contributed by atoms with Crippen LogP contribution in [0.1, 0.15) is 19.2 Å². The lowest BCUT2D eigenvalue weighted by Crippen LogP contribution is -2.44. The first kappa shape index (κ1) is 24.9. The molecule has 1 unspecified atom stereocenters. The highest BCUT2D eigenvalue weighted by Gasteiger charge is 2.24. The van der Waals surface area contributed by atoms with Crippen molar-refractivity contribution >= 4 is 46.7 Å². The van der Waals surface area contributed by atoms with Gasteiger partial charge in [0.05, 0.1) is 25.3 Å². The van der Waals surface area contributed by atoms with Gasteiger partial charge in [0.25, 0.3) is 0 Å². The largest absolute Gasteiger partial charge is 0.497 e. The van der Waals surface area contributed by atoms with Gasteiger partial charge in [-0.3, -0.25) is 4.99 Å². The molecule has 1 aliphatic rings. The number of anilines is 1. The molecule has 8 nitrogen and oxygen atoms in total. The summed E-state index contributed by atoms with van der Waals surface area (Å²) in [5.74, 6) is 3.41. The first-order chi connectivity index (χ1) is 15.7. The number of benzene rings is 2. The molecule has 3 aromatic rings. The predicted molar refractivity (Wildman–Crippen MR) is 144 cm³/mol. The standard InChI is InChI=1S/C24H32N6O2.HI/c1-4-25-24(26-11-9-23-28-21-7-5-6-8-22(21)29-23)27-17-10-12-30(16-17)18-13-19(31-2)15-20(14-18)32-3;/h5-8,13-15,17H,4,9-12,16H2,1-3H3,(H,28,29)(H2,25,26,27);1H. The number of methoxy groups -OCH3 is 2. The number of fused-ring (bicyclic) bond motifs is 1. The molecule has 0 bridgehead atoms. The second-order valence-electron chi connectivity index (χ2n) is 7.86. The van der Waals surface area contributed by atoms with Crippen molar-refractivity contribution in [2.75, 3.05) is 45.3 Å². The number of nitrogens with one attached hydrogen (secondary N) is 3. The number of hydrogen-bond donors (Lipinski definition) is 3. The molecule has 0 spiro atoms. The molecule has 2 heterocycles. The predicted octanol–water partition coefficient (Wildman–Crippen LogP) is 3.57. The topological polar surface area (TPSA) is 86.8 Å². The third-order valence-corrected chi connectivity index (χ3v) is 5.63. The molecule has 4 rings (SSSR count). The number of ether oxygens (including phenoxy) is 2. The minimum absolute atomic E-state index is 0. The number of nitrogens with zero attached hydrogens (tertiary/aromatic N) is 3.